The van der Waals surface area contributed by atoms with Crippen molar-refractivity contribution in [2.45, 2.75) is 19.3 Å². The highest BCUT2D eigenvalue weighted by Crippen LogP contribution is 2.52. The molecule has 1 heterocycles. The fourth-order valence-electron chi connectivity index (χ4n) is 8.34. The number of thiophene rings is 1. The summed E-state index contributed by atoms with van der Waals surface area (Å²) in [4.78, 5) is 0. The maximum Gasteiger partial charge on any atom is 0.0358 e. The van der Waals surface area contributed by atoms with Crippen molar-refractivity contribution in [1.29, 1.82) is 0 Å². The van der Waals surface area contributed by atoms with Gasteiger partial charge in [-0.2, -0.15) is 0 Å². The summed E-state index contributed by atoms with van der Waals surface area (Å²) in [6.07, 6.45) is 0. The van der Waals surface area contributed by atoms with Crippen LogP contribution in [0.1, 0.15) is 25.0 Å². The lowest BCUT2D eigenvalue weighted by Gasteiger charge is -2.22. The zero-order chi connectivity index (χ0) is 32.0. The predicted molar refractivity (Wildman–Crippen MR) is 208 cm³/mol. The van der Waals surface area contributed by atoms with Crippen LogP contribution >= 0.6 is 11.3 Å². The summed E-state index contributed by atoms with van der Waals surface area (Å²) in [6.45, 7) is 4.78. The van der Waals surface area contributed by atoms with Gasteiger partial charge in [-0.1, -0.05) is 141 Å². The third-order valence-corrected chi connectivity index (χ3v) is 11.8. The van der Waals surface area contributed by atoms with Gasteiger partial charge >= 0.3 is 0 Å². The number of rotatable bonds is 3. The highest BCUT2D eigenvalue weighted by Gasteiger charge is 2.36. The first kappa shape index (κ1) is 27.6. The van der Waals surface area contributed by atoms with Crippen molar-refractivity contribution in [3.8, 4) is 44.5 Å². The average Bonchev–Trinajstić information content (AvgIpc) is 3.61. The van der Waals surface area contributed by atoms with E-state index in [9.17, 15) is 0 Å². The van der Waals surface area contributed by atoms with Crippen LogP contribution in [0.25, 0.3) is 86.2 Å². The zero-order valence-corrected chi connectivity index (χ0v) is 27.7. The van der Waals surface area contributed by atoms with Crippen LogP contribution in [-0.2, 0) is 5.41 Å². The molecule has 0 aliphatic heterocycles. The van der Waals surface area contributed by atoms with E-state index < -0.39 is 0 Å². The van der Waals surface area contributed by atoms with Crippen molar-refractivity contribution in [3.63, 3.8) is 0 Å². The van der Waals surface area contributed by atoms with Crippen molar-refractivity contribution in [2.75, 3.05) is 0 Å². The van der Waals surface area contributed by atoms with E-state index >= 15 is 0 Å². The van der Waals surface area contributed by atoms with E-state index in [0.29, 0.717) is 0 Å². The molecule has 0 nitrogen and oxygen atoms in total. The lowest BCUT2D eigenvalue weighted by molar-refractivity contribution is 0.661. The van der Waals surface area contributed by atoms with Gasteiger partial charge in [-0.3, -0.25) is 0 Å². The van der Waals surface area contributed by atoms with Gasteiger partial charge in [-0.25, -0.2) is 0 Å². The maximum atomic E-state index is 2.46. The molecule has 0 unspecified atom stereocenters. The van der Waals surface area contributed by atoms with E-state index in [-0.39, 0.29) is 5.41 Å². The minimum Gasteiger partial charge on any atom is -0.135 e. The quantitative estimate of drug-likeness (QED) is 0.171. The van der Waals surface area contributed by atoms with Crippen molar-refractivity contribution in [2.24, 2.45) is 0 Å². The van der Waals surface area contributed by atoms with Gasteiger partial charge in [0, 0.05) is 25.6 Å². The molecule has 0 bridgehead atoms. The molecule has 0 spiro atoms. The lowest BCUT2D eigenvalue weighted by Crippen LogP contribution is -2.14. The van der Waals surface area contributed by atoms with Crippen LogP contribution in [0, 0.1) is 0 Å². The molecule has 1 aromatic heterocycles. The summed E-state index contributed by atoms with van der Waals surface area (Å²) in [5.41, 5.74) is 13.1. The Morgan fingerprint density at radius 3 is 1.60 bits per heavy atom. The van der Waals surface area contributed by atoms with Gasteiger partial charge in [0.15, 0.2) is 0 Å². The summed E-state index contributed by atoms with van der Waals surface area (Å²) in [6, 6.07) is 58.7. The second-order valence-electron chi connectivity index (χ2n) is 13.7. The smallest absolute Gasteiger partial charge is 0.0358 e. The number of fused-ring (bicyclic) bond motifs is 8. The highest BCUT2D eigenvalue weighted by molar-refractivity contribution is 7.25. The Labute approximate surface area is 284 Å². The molecule has 1 heteroatoms. The maximum absolute atomic E-state index is 2.46. The number of benzene rings is 8. The van der Waals surface area contributed by atoms with Crippen LogP contribution in [0.5, 0.6) is 0 Å². The minimum atomic E-state index is -0.0810. The standard InChI is InChI=1S/C47H32S/c1-47(2)41-26-31(23-24-33(41)39-27-40-34-17-10-11-22-43(34)48-44(40)28-42(39)47)30-15-12-16-32(25-30)46-37-20-8-6-18-35(37)45(29-13-4-3-5-14-29)36-19-7-9-21-38(36)46/h3-28H,1-2H3. The van der Waals surface area contributed by atoms with E-state index in [2.05, 4.69) is 172 Å². The van der Waals surface area contributed by atoms with Gasteiger partial charge in [0.25, 0.3) is 0 Å². The first-order chi connectivity index (χ1) is 23.6. The summed E-state index contributed by atoms with van der Waals surface area (Å²) >= 11 is 1.91. The van der Waals surface area contributed by atoms with Crippen molar-refractivity contribution in [3.05, 3.63) is 169 Å². The molecule has 0 saturated heterocycles. The van der Waals surface area contributed by atoms with Crippen molar-refractivity contribution in [1.82, 2.24) is 0 Å². The molecule has 226 valence electrons. The third kappa shape index (κ3) is 3.95. The highest BCUT2D eigenvalue weighted by atomic mass is 32.1. The van der Waals surface area contributed by atoms with Gasteiger partial charge < -0.3 is 0 Å². The fraction of sp³-hybridized carbons (Fsp3) is 0.0638. The van der Waals surface area contributed by atoms with Crippen LogP contribution in [0.3, 0.4) is 0 Å². The van der Waals surface area contributed by atoms with Gasteiger partial charge in [0.1, 0.15) is 0 Å². The molecular formula is C47H32S. The molecular weight excluding hydrogens is 597 g/mol. The molecule has 0 saturated carbocycles. The predicted octanol–water partition coefficient (Wildman–Crippen LogP) is 13.7. The first-order valence-corrected chi connectivity index (χ1v) is 17.6. The van der Waals surface area contributed by atoms with Crippen LogP contribution in [0.2, 0.25) is 0 Å². The fourth-order valence-corrected chi connectivity index (χ4v) is 9.47. The largest absolute Gasteiger partial charge is 0.135 e. The Balaban J connectivity index is 1.14. The molecule has 0 N–H and O–H groups in total. The summed E-state index contributed by atoms with van der Waals surface area (Å²) in [5.74, 6) is 0. The van der Waals surface area contributed by atoms with Crippen LogP contribution < -0.4 is 0 Å². The van der Waals surface area contributed by atoms with E-state index in [4.69, 9.17) is 0 Å². The second-order valence-corrected chi connectivity index (χ2v) is 14.7. The average molecular weight is 629 g/mol. The Morgan fingerprint density at radius 1 is 0.354 bits per heavy atom. The van der Waals surface area contributed by atoms with E-state index in [1.807, 2.05) is 11.3 Å². The first-order valence-electron chi connectivity index (χ1n) is 16.8. The van der Waals surface area contributed by atoms with Gasteiger partial charge in [-0.05, 0) is 108 Å². The van der Waals surface area contributed by atoms with Crippen molar-refractivity contribution < 1.29 is 0 Å². The van der Waals surface area contributed by atoms with E-state index in [1.165, 1.54) is 97.4 Å². The topological polar surface area (TPSA) is 0 Å². The van der Waals surface area contributed by atoms with Gasteiger partial charge in [0.2, 0.25) is 0 Å². The van der Waals surface area contributed by atoms with Gasteiger partial charge in [-0.15, -0.1) is 11.3 Å². The number of hydrogen-bond acceptors (Lipinski definition) is 1. The molecule has 48 heavy (non-hydrogen) atoms. The lowest BCUT2D eigenvalue weighted by atomic mass is 9.81. The van der Waals surface area contributed by atoms with Crippen LogP contribution in [-0.4, -0.2) is 0 Å². The zero-order valence-electron chi connectivity index (χ0n) is 26.9. The van der Waals surface area contributed by atoms with Crippen LogP contribution in [0.15, 0.2) is 158 Å². The molecule has 10 rings (SSSR count). The molecule has 1 aliphatic rings. The third-order valence-electron chi connectivity index (χ3n) is 10.7. The summed E-state index contributed by atoms with van der Waals surface area (Å²) in [7, 11) is 0. The Morgan fingerprint density at radius 2 is 0.896 bits per heavy atom. The molecule has 0 atom stereocenters. The number of hydrogen-bond donors (Lipinski definition) is 0. The second kappa shape index (κ2) is 10.2. The minimum absolute atomic E-state index is 0.0810. The molecule has 9 aromatic rings. The van der Waals surface area contributed by atoms with E-state index in [0.717, 1.165) is 0 Å². The van der Waals surface area contributed by atoms with E-state index in [1.54, 1.807) is 0 Å². The monoisotopic (exact) mass is 628 g/mol. The van der Waals surface area contributed by atoms with Crippen molar-refractivity contribution >= 4 is 53.1 Å². The molecule has 0 radical (unpaired) electrons. The van der Waals surface area contributed by atoms with Gasteiger partial charge in [0.05, 0.1) is 0 Å². The normalized spacial score (nSPS) is 13.4. The molecule has 0 fully saturated rings. The Hall–Kier alpha value is -5.50. The summed E-state index contributed by atoms with van der Waals surface area (Å²) < 4.78 is 2.74. The Bertz CT molecular complexity index is 2690. The summed E-state index contributed by atoms with van der Waals surface area (Å²) in [5, 5.41) is 7.86. The SMILES string of the molecule is CC1(C)c2cc(-c3cccc(-c4c5ccccc5c(-c5ccccc5)c5ccccc45)c3)ccc2-c2cc3c(cc21)sc1ccccc13. The van der Waals surface area contributed by atoms with Crippen LogP contribution in [0.4, 0.5) is 0 Å². The molecule has 1 aliphatic carbocycles. The molecule has 8 aromatic carbocycles. The Kier molecular flexibility index (Phi) is 5.89. The molecule has 0 amide bonds.